The molecule has 0 aromatic heterocycles. The van der Waals surface area contributed by atoms with Gasteiger partial charge in [-0.3, -0.25) is 9.59 Å². The lowest BCUT2D eigenvalue weighted by molar-refractivity contribution is -0.137. The topological polar surface area (TPSA) is 105 Å². The summed E-state index contributed by atoms with van der Waals surface area (Å²) in [5.41, 5.74) is 4.59. The number of rotatable bonds is 11. The van der Waals surface area contributed by atoms with Crippen LogP contribution >= 0.6 is 0 Å². The standard InChI is InChI=1S/C28H34N2O5/c1-28(2,12-11-25(31)32)13-14-29-26(33)23-15-18(23)16-30-27(34)35-17-24-21-9-5-3-7-19(21)20-8-4-6-10-22(20)24/h3-10,18,23-24H,11-17H2,1-2H3,(H,29,33)(H,30,34)(H,31,32). The third-order valence-corrected chi connectivity index (χ3v) is 7.23. The first-order chi connectivity index (χ1) is 16.7. The maximum atomic E-state index is 12.4. The Morgan fingerprint density at radius 2 is 1.60 bits per heavy atom. The average molecular weight is 479 g/mol. The third kappa shape index (κ3) is 6.21. The van der Waals surface area contributed by atoms with Gasteiger partial charge in [-0.1, -0.05) is 62.4 Å². The van der Waals surface area contributed by atoms with Crippen LogP contribution in [0.3, 0.4) is 0 Å². The Morgan fingerprint density at radius 3 is 2.23 bits per heavy atom. The molecule has 186 valence electrons. The maximum Gasteiger partial charge on any atom is 0.407 e. The zero-order valence-electron chi connectivity index (χ0n) is 20.4. The Balaban J connectivity index is 1.16. The van der Waals surface area contributed by atoms with Crippen LogP contribution in [0.4, 0.5) is 4.79 Å². The number of ether oxygens (including phenoxy) is 1. The van der Waals surface area contributed by atoms with E-state index in [1.807, 2.05) is 38.1 Å². The number of benzene rings is 2. The van der Waals surface area contributed by atoms with Gasteiger partial charge in [0.05, 0.1) is 0 Å². The third-order valence-electron chi connectivity index (χ3n) is 7.23. The number of carbonyl (C=O) groups is 3. The van der Waals surface area contributed by atoms with Gasteiger partial charge in [-0.25, -0.2) is 4.79 Å². The Hall–Kier alpha value is -3.35. The Labute approximate surface area is 206 Å². The fourth-order valence-electron chi connectivity index (χ4n) is 4.88. The van der Waals surface area contributed by atoms with Crippen molar-refractivity contribution in [3.8, 4) is 11.1 Å². The second-order valence-electron chi connectivity index (χ2n) is 10.4. The van der Waals surface area contributed by atoms with E-state index in [1.54, 1.807) is 0 Å². The van der Waals surface area contributed by atoms with Gasteiger partial charge >= 0.3 is 12.1 Å². The minimum atomic E-state index is -0.799. The van der Waals surface area contributed by atoms with Crippen LogP contribution in [0.2, 0.25) is 0 Å². The van der Waals surface area contributed by atoms with Crippen LogP contribution in [0, 0.1) is 17.3 Å². The smallest absolute Gasteiger partial charge is 0.407 e. The van der Waals surface area contributed by atoms with Crippen molar-refractivity contribution in [1.29, 1.82) is 0 Å². The van der Waals surface area contributed by atoms with Crippen molar-refractivity contribution in [1.82, 2.24) is 10.6 Å². The summed E-state index contributed by atoms with van der Waals surface area (Å²) in [5, 5.41) is 14.6. The number of hydrogen-bond donors (Lipinski definition) is 3. The monoisotopic (exact) mass is 478 g/mol. The van der Waals surface area contributed by atoms with Gasteiger partial charge in [-0.15, -0.1) is 0 Å². The first-order valence-electron chi connectivity index (χ1n) is 12.3. The first-order valence-corrected chi connectivity index (χ1v) is 12.3. The maximum absolute atomic E-state index is 12.4. The molecule has 2 aliphatic rings. The average Bonchev–Trinajstić information content (AvgIpc) is 3.55. The number of carboxylic acid groups (broad SMARTS) is 1. The molecule has 2 amide bonds. The summed E-state index contributed by atoms with van der Waals surface area (Å²) in [7, 11) is 0. The predicted octanol–water partition coefficient (Wildman–Crippen LogP) is 4.56. The van der Waals surface area contributed by atoms with Crippen LogP contribution < -0.4 is 10.6 Å². The molecule has 0 spiro atoms. The molecule has 1 fully saturated rings. The van der Waals surface area contributed by atoms with E-state index >= 15 is 0 Å². The second-order valence-corrected chi connectivity index (χ2v) is 10.4. The predicted molar refractivity (Wildman–Crippen MR) is 133 cm³/mol. The number of amides is 2. The SMILES string of the molecule is CC(C)(CCNC(=O)C1CC1CNC(=O)OCC1c2ccccc2-c2ccccc21)CCC(=O)O. The molecule has 0 bridgehead atoms. The zero-order chi connectivity index (χ0) is 25.0. The molecule has 35 heavy (non-hydrogen) atoms. The molecular formula is C28H34N2O5. The first kappa shape index (κ1) is 24.8. The number of fused-ring (bicyclic) bond motifs is 3. The molecule has 7 heteroatoms. The highest BCUT2D eigenvalue weighted by atomic mass is 16.5. The molecule has 4 rings (SSSR count). The summed E-state index contributed by atoms with van der Waals surface area (Å²) < 4.78 is 5.56. The van der Waals surface area contributed by atoms with E-state index in [1.165, 1.54) is 22.3 Å². The van der Waals surface area contributed by atoms with E-state index in [2.05, 4.69) is 34.9 Å². The number of nitrogens with one attached hydrogen (secondary N) is 2. The Bertz CT molecular complexity index is 1050. The number of aliphatic carboxylic acids is 1. The van der Waals surface area contributed by atoms with Crippen LogP contribution in [0.1, 0.15) is 56.6 Å². The van der Waals surface area contributed by atoms with E-state index in [0.717, 1.165) is 12.8 Å². The molecule has 2 aromatic carbocycles. The number of carbonyl (C=O) groups excluding carboxylic acids is 2. The Kier molecular flexibility index (Phi) is 7.43. The van der Waals surface area contributed by atoms with Crippen LogP contribution in [-0.2, 0) is 14.3 Å². The normalized spacial score (nSPS) is 18.3. The van der Waals surface area contributed by atoms with E-state index in [9.17, 15) is 14.4 Å². The van der Waals surface area contributed by atoms with Crippen molar-refractivity contribution in [3.63, 3.8) is 0 Å². The van der Waals surface area contributed by atoms with Crippen molar-refractivity contribution in [3.05, 3.63) is 59.7 Å². The lowest BCUT2D eigenvalue weighted by atomic mass is 9.84. The molecule has 0 heterocycles. The van der Waals surface area contributed by atoms with Crippen LogP contribution in [0.5, 0.6) is 0 Å². The molecule has 2 atom stereocenters. The quantitative estimate of drug-likeness (QED) is 0.439. The van der Waals surface area contributed by atoms with Crippen LogP contribution in [0.25, 0.3) is 11.1 Å². The van der Waals surface area contributed by atoms with Crippen LogP contribution in [0.15, 0.2) is 48.5 Å². The van der Waals surface area contributed by atoms with Crippen molar-refractivity contribution < 1.29 is 24.2 Å². The van der Waals surface area contributed by atoms with E-state index in [4.69, 9.17) is 9.84 Å². The highest BCUT2D eigenvalue weighted by Gasteiger charge is 2.43. The summed E-state index contributed by atoms with van der Waals surface area (Å²) >= 11 is 0. The van der Waals surface area contributed by atoms with E-state index in [0.29, 0.717) is 19.5 Å². The minimum Gasteiger partial charge on any atom is -0.481 e. The molecule has 1 saturated carbocycles. The Morgan fingerprint density at radius 1 is 0.971 bits per heavy atom. The molecule has 2 unspecified atom stereocenters. The van der Waals surface area contributed by atoms with Crippen molar-refractivity contribution in [2.45, 2.75) is 45.4 Å². The highest BCUT2D eigenvalue weighted by Crippen LogP contribution is 2.44. The van der Waals surface area contributed by atoms with Gasteiger partial charge in [0, 0.05) is 31.3 Å². The summed E-state index contributed by atoms with van der Waals surface area (Å²) in [6.07, 6.45) is 1.72. The van der Waals surface area contributed by atoms with Gasteiger partial charge in [0.15, 0.2) is 0 Å². The summed E-state index contributed by atoms with van der Waals surface area (Å²) in [6.45, 7) is 5.24. The second kappa shape index (κ2) is 10.5. The van der Waals surface area contributed by atoms with Gasteiger partial charge in [-0.05, 0) is 52.8 Å². The van der Waals surface area contributed by atoms with E-state index < -0.39 is 12.1 Å². The van der Waals surface area contributed by atoms with E-state index in [-0.39, 0.29) is 42.1 Å². The largest absolute Gasteiger partial charge is 0.481 e. The fraction of sp³-hybridized carbons (Fsp3) is 0.464. The fourth-order valence-corrected chi connectivity index (χ4v) is 4.88. The summed E-state index contributed by atoms with van der Waals surface area (Å²) in [5.74, 6) is -0.751. The molecule has 2 aromatic rings. The summed E-state index contributed by atoms with van der Waals surface area (Å²) in [4.78, 5) is 35.5. The molecule has 0 radical (unpaired) electrons. The highest BCUT2D eigenvalue weighted by molar-refractivity contribution is 5.82. The van der Waals surface area contributed by atoms with Crippen LogP contribution in [-0.4, -0.2) is 42.8 Å². The lowest BCUT2D eigenvalue weighted by Gasteiger charge is -2.23. The minimum absolute atomic E-state index is 0.00151. The number of carboxylic acids is 1. The van der Waals surface area contributed by atoms with Gasteiger partial charge in [-0.2, -0.15) is 0 Å². The van der Waals surface area contributed by atoms with Gasteiger partial charge in [0.25, 0.3) is 0 Å². The molecule has 0 saturated heterocycles. The van der Waals surface area contributed by atoms with Crippen molar-refractivity contribution in [2.75, 3.05) is 19.7 Å². The number of hydrogen-bond acceptors (Lipinski definition) is 4. The van der Waals surface area contributed by atoms with Gasteiger partial charge in [0.2, 0.25) is 5.91 Å². The molecular weight excluding hydrogens is 444 g/mol. The number of alkyl carbamates (subject to hydrolysis) is 1. The molecule has 0 aliphatic heterocycles. The zero-order valence-corrected chi connectivity index (χ0v) is 20.4. The molecule has 3 N–H and O–H groups in total. The lowest BCUT2D eigenvalue weighted by Crippen LogP contribution is -2.32. The summed E-state index contributed by atoms with van der Waals surface area (Å²) in [6, 6.07) is 16.4. The molecule has 7 nitrogen and oxygen atoms in total. The van der Waals surface area contributed by atoms with Gasteiger partial charge in [0.1, 0.15) is 6.61 Å². The molecule has 2 aliphatic carbocycles. The van der Waals surface area contributed by atoms with Crippen molar-refractivity contribution >= 4 is 18.0 Å². The van der Waals surface area contributed by atoms with Gasteiger partial charge < -0.3 is 20.5 Å². The van der Waals surface area contributed by atoms with Crippen molar-refractivity contribution in [2.24, 2.45) is 17.3 Å².